The average molecular weight is 525 g/mol. The monoisotopic (exact) mass is 524 g/mol. The van der Waals surface area contributed by atoms with Crippen molar-refractivity contribution in [1.29, 1.82) is 0 Å². The molecule has 0 spiro atoms. The molecule has 1 aromatic rings. The Morgan fingerprint density at radius 1 is 0.974 bits per heavy atom. The standard InChI is InChI=1S/C29H36N2O7/c1-30-27(32)22-21-17-12-11-16(36-14-15-7-3-2-4-8-15)13-18(17)31(29(34)35)24(21)26-25(23(22)28(30)33)37-19-9-5-6-10-20(19)38-26/h2-4,7-8,16-26H,5-6,9-14H2,1H3,(H,34,35). The molecular formula is C29H36N2O7. The van der Waals surface area contributed by atoms with E-state index in [2.05, 4.69) is 0 Å². The molecule has 11 unspecified atom stereocenters. The van der Waals surface area contributed by atoms with Gasteiger partial charge in [-0.15, -0.1) is 0 Å². The molecule has 3 aliphatic heterocycles. The normalized spacial score (nSPS) is 43.7. The molecule has 38 heavy (non-hydrogen) atoms. The van der Waals surface area contributed by atoms with Crippen LogP contribution in [0.15, 0.2) is 30.3 Å². The van der Waals surface area contributed by atoms with Crippen LogP contribution in [0, 0.1) is 23.7 Å². The average Bonchev–Trinajstić information content (AvgIpc) is 3.39. The topological polar surface area (TPSA) is 106 Å². The third-order valence-electron chi connectivity index (χ3n) is 10.3. The fraction of sp³-hybridized carbons (Fsp3) is 0.690. The molecule has 9 nitrogen and oxygen atoms in total. The van der Waals surface area contributed by atoms with E-state index in [1.807, 2.05) is 30.3 Å². The lowest BCUT2D eigenvalue weighted by atomic mass is 9.62. The number of nitrogens with zero attached hydrogens (tertiary/aromatic N) is 2. The van der Waals surface area contributed by atoms with Crippen LogP contribution < -0.4 is 0 Å². The molecule has 3 saturated carbocycles. The lowest BCUT2D eigenvalue weighted by molar-refractivity contribution is -0.271. The minimum absolute atomic E-state index is 0.0166. The first-order valence-electron chi connectivity index (χ1n) is 14.2. The van der Waals surface area contributed by atoms with Crippen molar-refractivity contribution < 1.29 is 33.7 Å². The molecule has 0 aromatic heterocycles. The predicted octanol–water partition coefficient (Wildman–Crippen LogP) is 3.06. The van der Waals surface area contributed by atoms with Gasteiger partial charge < -0.3 is 19.3 Å². The fourth-order valence-corrected chi connectivity index (χ4v) is 8.73. The zero-order valence-electron chi connectivity index (χ0n) is 21.7. The summed E-state index contributed by atoms with van der Waals surface area (Å²) in [7, 11) is 1.55. The second-order valence-electron chi connectivity index (χ2n) is 12.1. The van der Waals surface area contributed by atoms with Crippen molar-refractivity contribution in [1.82, 2.24) is 9.80 Å². The van der Waals surface area contributed by atoms with E-state index in [9.17, 15) is 19.5 Å². The van der Waals surface area contributed by atoms with Gasteiger partial charge in [0, 0.05) is 13.1 Å². The Bertz CT molecular complexity index is 1110. The van der Waals surface area contributed by atoms with Crippen molar-refractivity contribution in [2.45, 2.75) is 94.2 Å². The van der Waals surface area contributed by atoms with E-state index >= 15 is 0 Å². The first kappa shape index (κ1) is 24.5. The molecule has 6 aliphatic rings. The first-order valence-corrected chi connectivity index (χ1v) is 14.2. The van der Waals surface area contributed by atoms with Crippen LogP contribution in [0.2, 0.25) is 0 Å². The third-order valence-corrected chi connectivity index (χ3v) is 10.3. The molecule has 7 rings (SSSR count). The second-order valence-corrected chi connectivity index (χ2v) is 12.1. The van der Waals surface area contributed by atoms with Gasteiger partial charge in [-0.2, -0.15) is 0 Å². The predicted molar refractivity (Wildman–Crippen MR) is 134 cm³/mol. The van der Waals surface area contributed by atoms with Crippen LogP contribution in [0.25, 0.3) is 0 Å². The molecule has 3 amide bonds. The second kappa shape index (κ2) is 9.31. The number of amides is 3. The van der Waals surface area contributed by atoms with Gasteiger partial charge >= 0.3 is 6.09 Å². The summed E-state index contributed by atoms with van der Waals surface area (Å²) >= 11 is 0. The molecule has 3 heterocycles. The summed E-state index contributed by atoms with van der Waals surface area (Å²) in [6, 6.07) is 9.20. The zero-order chi connectivity index (χ0) is 26.1. The first-order chi connectivity index (χ1) is 18.4. The van der Waals surface area contributed by atoms with Crippen molar-refractivity contribution in [3.05, 3.63) is 35.9 Å². The van der Waals surface area contributed by atoms with E-state index < -0.39 is 36.2 Å². The molecule has 11 atom stereocenters. The van der Waals surface area contributed by atoms with Gasteiger partial charge in [-0.05, 0) is 49.5 Å². The Hall–Kier alpha value is -2.49. The molecular weight excluding hydrogens is 488 g/mol. The van der Waals surface area contributed by atoms with Crippen LogP contribution in [0.1, 0.15) is 50.5 Å². The summed E-state index contributed by atoms with van der Waals surface area (Å²) < 4.78 is 19.6. The lowest BCUT2D eigenvalue weighted by Gasteiger charge is -2.53. The van der Waals surface area contributed by atoms with Crippen molar-refractivity contribution in [3.63, 3.8) is 0 Å². The summed E-state index contributed by atoms with van der Waals surface area (Å²) in [5.41, 5.74) is 1.09. The maximum absolute atomic E-state index is 13.5. The Morgan fingerprint density at radius 3 is 2.37 bits per heavy atom. The Morgan fingerprint density at radius 2 is 1.66 bits per heavy atom. The van der Waals surface area contributed by atoms with Crippen LogP contribution in [0.3, 0.4) is 0 Å². The number of hydrogen-bond donors (Lipinski definition) is 1. The number of rotatable bonds is 3. The van der Waals surface area contributed by atoms with Crippen molar-refractivity contribution in [3.8, 4) is 0 Å². The van der Waals surface area contributed by atoms with Crippen molar-refractivity contribution in [2.75, 3.05) is 7.05 Å². The number of hydrogen-bond acceptors (Lipinski definition) is 6. The number of benzene rings is 1. The summed E-state index contributed by atoms with van der Waals surface area (Å²) in [6.07, 6.45) is 3.58. The SMILES string of the molecule is CN1C(=O)C2C3OC4CCCCC4OC3C3C(C4CCC(OCc5ccccc5)CC4N3C(=O)O)C2C1=O. The molecule has 1 N–H and O–H groups in total. The smallest absolute Gasteiger partial charge is 0.407 e. The summed E-state index contributed by atoms with van der Waals surface area (Å²) in [4.78, 5) is 42.7. The van der Waals surface area contributed by atoms with E-state index in [4.69, 9.17) is 14.2 Å². The van der Waals surface area contributed by atoms with E-state index in [-0.39, 0.29) is 48.0 Å². The molecule has 0 bridgehead atoms. The van der Waals surface area contributed by atoms with Gasteiger partial charge in [0.2, 0.25) is 11.8 Å². The molecule has 1 aromatic carbocycles. The largest absolute Gasteiger partial charge is 0.465 e. The van der Waals surface area contributed by atoms with Gasteiger partial charge in [-0.1, -0.05) is 43.2 Å². The summed E-state index contributed by atoms with van der Waals surface area (Å²) in [6.45, 7) is 0.482. The third kappa shape index (κ3) is 3.65. The fourth-order valence-electron chi connectivity index (χ4n) is 8.73. The van der Waals surface area contributed by atoms with Gasteiger partial charge in [0.15, 0.2) is 0 Å². The molecule has 204 valence electrons. The maximum atomic E-state index is 13.5. The molecule has 0 radical (unpaired) electrons. The highest BCUT2D eigenvalue weighted by Gasteiger charge is 2.71. The highest BCUT2D eigenvalue weighted by molar-refractivity contribution is 6.05. The molecule has 3 aliphatic carbocycles. The lowest BCUT2D eigenvalue weighted by Crippen LogP contribution is -2.67. The number of carboxylic acid groups (broad SMARTS) is 1. The number of carbonyl (C=O) groups is 3. The highest BCUT2D eigenvalue weighted by Crippen LogP contribution is 2.58. The van der Waals surface area contributed by atoms with Gasteiger partial charge in [-0.3, -0.25) is 19.4 Å². The zero-order valence-corrected chi connectivity index (χ0v) is 21.7. The van der Waals surface area contributed by atoms with Gasteiger partial charge in [0.05, 0.1) is 48.9 Å². The maximum Gasteiger partial charge on any atom is 0.407 e. The van der Waals surface area contributed by atoms with Gasteiger partial charge in [0.25, 0.3) is 0 Å². The van der Waals surface area contributed by atoms with Crippen LogP contribution in [-0.4, -0.2) is 82.5 Å². The van der Waals surface area contributed by atoms with Crippen LogP contribution in [0.4, 0.5) is 4.79 Å². The number of ether oxygens (including phenoxy) is 3. The van der Waals surface area contributed by atoms with E-state index in [1.165, 1.54) is 4.90 Å². The van der Waals surface area contributed by atoms with Crippen molar-refractivity contribution >= 4 is 17.9 Å². The van der Waals surface area contributed by atoms with Gasteiger partial charge in [0.1, 0.15) is 6.10 Å². The highest BCUT2D eigenvalue weighted by atomic mass is 16.6. The number of likely N-dealkylation sites (tertiary alicyclic amines) is 2. The summed E-state index contributed by atoms with van der Waals surface area (Å²) in [5.74, 6) is -1.86. The molecule has 6 fully saturated rings. The van der Waals surface area contributed by atoms with Crippen LogP contribution >= 0.6 is 0 Å². The van der Waals surface area contributed by atoms with Crippen LogP contribution in [0.5, 0.6) is 0 Å². The molecule has 3 saturated heterocycles. The van der Waals surface area contributed by atoms with E-state index in [0.29, 0.717) is 13.0 Å². The van der Waals surface area contributed by atoms with Crippen LogP contribution in [-0.2, 0) is 30.4 Å². The molecule has 9 heteroatoms. The number of fused-ring (bicyclic) bond motifs is 9. The number of carbonyl (C=O) groups excluding carboxylic acids is 2. The van der Waals surface area contributed by atoms with E-state index in [1.54, 1.807) is 11.9 Å². The Labute approximate surface area is 222 Å². The van der Waals surface area contributed by atoms with E-state index in [0.717, 1.165) is 44.1 Å². The van der Waals surface area contributed by atoms with Gasteiger partial charge in [-0.25, -0.2) is 4.79 Å². The Kier molecular flexibility index (Phi) is 6.01. The minimum atomic E-state index is -0.993. The number of imide groups is 1. The Balaban J connectivity index is 1.22. The quantitative estimate of drug-likeness (QED) is 0.606. The van der Waals surface area contributed by atoms with Crippen molar-refractivity contribution in [2.24, 2.45) is 23.7 Å². The summed E-state index contributed by atoms with van der Waals surface area (Å²) in [5, 5.41) is 10.5. The minimum Gasteiger partial charge on any atom is -0.465 e.